The summed E-state index contributed by atoms with van der Waals surface area (Å²) in [6.45, 7) is 4.31. The molecule has 0 spiro atoms. The number of aryl methyl sites for hydroxylation is 2. The SMILES string of the molecule is Cc1noc(C)c1C(=O)N1CC(N(CCc2noc(C3CCC3)n2)S(C)(=O)=O)C1. The molecule has 0 unspecified atom stereocenters. The molecule has 1 amide bonds. The summed E-state index contributed by atoms with van der Waals surface area (Å²) in [7, 11) is -3.44. The highest BCUT2D eigenvalue weighted by molar-refractivity contribution is 7.88. The number of hydrogen-bond donors (Lipinski definition) is 0. The van der Waals surface area contributed by atoms with E-state index in [9.17, 15) is 13.2 Å². The first-order valence-electron chi connectivity index (χ1n) is 9.75. The van der Waals surface area contributed by atoms with Crippen LogP contribution in [0.25, 0.3) is 0 Å². The Kier molecular flexibility index (Phi) is 5.19. The third kappa shape index (κ3) is 3.93. The summed E-state index contributed by atoms with van der Waals surface area (Å²) in [6, 6.07) is -0.271. The number of likely N-dealkylation sites (tertiary alicyclic amines) is 1. The summed E-state index contributed by atoms with van der Waals surface area (Å²) >= 11 is 0. The van der Waals surface area contributed by atoms with Crippen LogP contribution in [-0.4, -0.2) is 70.8 Å². The molecule has 11 heteroatoms. The normalized spacial score (nSPS) is 18.1. The van der Waals surface area contributed by atoms with Crippen molar-refractivity contribution in [3.63, 3.8) is 0 Å². The first-order valence-corrected chi connectivity index (χ1v) is 11.6. The molecule has 0 aromatic carbocycles. The third-order valence-corrected chi connectivity index (χ3v) is 7.06. The van der Waals surface area contributed by atoms with Gasteiger partial charge in [0.25, 0.3) is 5.91 Å². The van der Waals surface area contributed by atoms with Crippen molar-refractivity contribution in [3.8, 4) is 0 Å². The van der Waals surface area contributed by atoms with Crippen molar-refractivity contribution in [2.45, 2.75) is 51.5 Å². The Hall–Kier alpha value is -2.27. The number of carbonyl (C=O) groups is 1. The highest BCUT2D eigenvalue weighted by Gasteiger charge is 2.40. The molecule has 0 N–H and O–H groups in total. The summed E-state index contributed by atoms with van der Waals surface area (Å²) < 4.78 is 36.4. The minimum Gasteiger partial charge on any atom is -0.361 e. The second kappa shape index (κ2) is 7.52. The Balaban J connectivity index is 1.37. The molecule has 0 bridgehead atoms. The quantitative estimate of drug-likeness (QED) is 0.652. The summed E-state index contributed by atoms with van der Waals surface area (Å²) in [6.07, 6.45) is 4.86. The first-order chi connectivity index (χ1) is 13.7. The smallest absolute Gasteiger partial charge is 0.259 e. The molecule has 1 aliphatic carbocycles. The van der Waals surface area contributed by atoms with E-state index in [1.54, 1.807) is 18.7 Å². The molecule has 1 aliphatic heterocycles. The maximum Gasteiger partial charge on any atom is 0.259 e. The van der Waals surface area contributed by atoms with E-state index >= 15 is 0 Å². The van der Waals surface area contributed by atoms with Gasteiger partial charge in [-0.2, -0.15) is 9.29 Å². The number of aromatic nitrogens is 3. The second-order valence-corrected chi connectivity index (χ2v) is 9.80. The summed E-state index contributed by atoms with van der Waals surface area (Å²) in [4.78, 5) is 18.7. The predicted octanol–water partition coefficient (Wildman–Crippen LogP) is 1.27. The molecule has 2 aliphatic rings. The van der Waals surface area contributed by atoms with E-state index in [-0.39, 0.29) is 18.5 Å². The number of hydrogen-bond acceptors (Lipinski definition) is 8. The van der Waals surface area contributed by atoms with Crippen molar-refractivity contribution >= 4 is 15.9 Å². The zero-order valence-electron chi connectivity index (χ0n) is 16.8. The fourth-order valence-corrected chi connectivity index (χ4v) is 4.87. The summed E-state index contributed by atoms with van der Waals surface area (Å²) in [5.41, 5.74) is 0.986. The Morgan fingerprint density at radius 2 is 1.93 bits per heavy atom. The van der Waals surface area contributed by atoms with E-state index < -0.39 is 10.0 Å². The van der Waals surface area contributed by atoms with Crippen LogP contribution in [0, 0.1) is 13.8 Å². The molecule has 0 radical (unpaired) electrons. The molecule has 158 valence electrons. The van der Waals surface area contributed by atoms with Gasteiger partial charge in [-0.25, -0.2) is 8.42 Å². The summed E-state index contributed by atoms with van der Waals surface area (Å²) in [5, 5.41) is 7.79. The van der Waals surface area contributed by atoms with Gasteiger partial charge in [-0.3, -0.25) is 4.79 Å². The number of carbonyl (C=O) groups excluding carboxylic acids is 1. The number of amides is 1. The van der Waals surface area contributed by atoms with Crippen molar-refractivity contribution in [2.75, 3.05) is 25.9 Å². The first kappa shape index (κ1) is 20.0. The van der Waals surface area contributed by atoms with Crippen molar-refractivity contribution in [1.29, 1.82) is 0 Å². The standard InChI is InChI=1S/C18H25N5O5S/c1-11-16(12(2)27-20-11)18(24)22-9-14(10-22)23(29(3,25)26)8-7-15-19-17(28-21-15)13-5-4-6-13/h13-14H,4-10H2,1-3H3. The van der Waals surface area contributed by atoms with Gasteiger partial charge in [-0.1, -0.05) is 16.7 Å². The molecule has 1 saturated carbocycles. The Labute approximate surface area is 169 Å². The van der Waals surface area contributed by atoms with Crippen LogP contribution in [0.4, 0.5) is 0 Å². The molecule has 10 nitrogen and oxygen atoms in total. The van der Waals surface area contributed by atoms with E-state index in [2.05, 4.69) is 15.3 Å². The molecular formula is C18H25N5O5S. The van der Waals surface area contributed by atoms with Crippen LogP contribution < -0.4 is 0 Å². The van der Waals surface area contributed by atoms with Crippen molar-refractivity contribution < 1.29 is 22.3 Å². The van der Waals surface area contributed by atoms with Crippen molar-refractivity contribution in [3.05, 3.63) is 28.7 Å². The number of rotatable bonds is 7. The van der Waals surface area contributed by atoms with E-state index in [1.165, 1.54) is 17.0 Å². The van der Waals surface area contributed by atoms with Crippen LogP contribution in [0.3, 0.4) is 0 Å². The minimum atomic E-state index is -3.44. The van der Waals surface area contributed by atoms with E-state index in [1.807, 2.05) is 0 Å². The molecule has 3 heterocycles. The largest absolute Gasteiger partial charge is 0.361 e. The van der Waals surface area contributed by atoms with Gasteiger partial charge >= 0.3 is 0 Å². The lowest BCUT2D eigenvalue weighted by Crippen LogP contribution is -2.62. The lowest BCUT2D eigenvalue weighted by molar-refractivity contribution is 0.0451. The molecule has 4 rings (SSSR count). The van der Waals surface area contributed by atoms with Gasteiger partial charge in [0.2, 0.25) is 15.9 Å². The van der Waals surface area contributed by atoms with E-state index in [0.29, 0.717) is 54.2 Å². The van der Waals surface area contributed by atoms with E-state index in [0.717, 1.165) is 12.8 Å². The maximum atomic E-state index is 12.7. The van der Waals surface area contributed by atoms with Gasteiger partial charge in [0.1, 0.15) is 11.3 Å². The van der Waals surface area contributed by atoms with Crippen LogP contribution in [-0.2, 0) is 16.4 Å². The van der Waals surface area contributed by atoms with Crippen molar-refractivity contribution in [2.24, 2.45) is 0 Å². The van der Waals surface area contributed by atoms with E-state index in [4.69, 9.17) is 9.05 Å². The molecule has 0 atom stereocenters. The lowest BCUT2D eigenvalue weighted by Gasteiger charge is -2.44. The van der Waals surface area contributed by atoms with Gasteiger partial charge in [0.15, 0.2) is 5.82 Å². The van der Waals surface area contributed by atoms with Crippen LogP contribution >= 0.6 is 0 Å². The molecule has 2 aromatic rings. The molecule has 29 heavy (non-hydrogen) atoms. The second-order valence-electron chi connectivity index (χ2n) is 7.86. The predicted molar refractivity (Wildman–Crippen MR) is 102 cm³/mol. The highest BCUT2D eigenvalue weighted by Crippen LogP contribution is 2.35. The van der Waals surface area contributed by atoms with Gasteiger partial charge < -0.3 is 13.9 Å². The molecule has 1 saturated heterocycles. The fourth-order valence-electron chi connectivity index (χ4n) is 3.77. The van der Waals surface area contributed by atoms with Crippen LogP contribution in [0.5, 0.6) is 0 Å². The average Bonchev–Trinajstić information content (AvgIpc) is 3.13. The summed E-state index contributed by atoms with van der Waals surface area (Å²) in [5.74, 6) is 1.79. The Bertz CT molecular complexity index is 984. The zero-order chi connectivity index (χ0) is 20.8. The van der Waals surface area contributed by atoms with Gasteiger partial charge in [0, 0.05) is 32.0 Å². The zero-order valence-corrected chi connectivity index (χ0v) is 17.6. The Morgan fingerprint density at radius 1 is 1.21 bits per heavy atom. The average molecular weight is 423 g/mol. The topological polar surface area (TPSA) is 123 Å². The van der Waals surface area contributed by atoms with Gasteiger partial charge in [0.05, 0.1) is 18.0 Å². The number of sulfonamides is 1. The highest BCUT2D eigenvalue weighted by atomic mass is 32.2. The molecule has 2 aromatic heterocycles. The van der Waals surface area contributed by atoms with Gasteiger partial charge in [-0.05, 0) is 26.7 Å². The van der Waals surface area contributed by atoms with Crippen molar-refractivity contribution in [1.82, 2.24) is 24.5 Å². The monoisotopic (exact) mass is 423 g/mol. The maximum absolute atomic E-state index is 12.7. The van der Waals surface area contributed by atoms with Crippen LogP contribution in [0.2, 0.25) is 0 Å². The van der Waals surface area contributed by atoms with Crippen LogP contribution in [0.15, 0.2) is 9.05 Å². The third-order valence-electron chi connectivity index (χ3n) is 5.72. The van der Waals surface area contributed by atoms with Gasteiger partial charge in [-0.15, -0.1) is 0 Å². The molecule has 2 fully saturated rings. The fraction of sp³-hybridized carbons (Fsp3) is 0.667. The molecular weight excluding hydrogens is 398 g/mol. The minimum absolute atomic E-state index is 0.186. The number of nitrogens with zero attached hydrogens (tertiary/aromatic N) is 5. The van der Waals surface area contributed by atoms with Crippen LogP contribution in [0.1, 0.15) is 58.7 Å². The lowest BCUT2D eigenvalue weighted by atomic mass is 9.85. The Morgan fingerprint density at radius 3 is 2.48 bits per heavy atom.